The monoisotopic (exact) mass is 279 g/mol. The molecule has 0 aliphatic heterocycles. The van der Waals surface area contributed by atoms with Gasteiger partial charge in [-0.25, -0.2) is 0 Å². The Kier molecular flexibility index (Phi) is 6.73. The summed E-state index contributed by atoms with van der Waals surface area (Å²) in [6.07, 6.45) is 1.04. The van der Waals surface area contributed by atoms with E-state index < -0.39 is 5.97 Å². The largest absolute Gasteiger partial charge is 0.481 e. The van der Waals surface area contributed by atoms with Crippen LogP contribution in [0.25, 0.3) is 0 Å². The number of carboxylic acids is 1. The van der Waals surface area contributed by atoms with Crippen LogP contribution in [-0.4, -0.2) is 29.7 Å². The second kappa shape index (κ2) is 8.32. The standard InChI is InChI=1S/C15H21NO4/c1-11(2)20-10-9-14(17)16-13-6-3-12(4-7-13)5-8-15(18)19/h3-4,6-7,11H,5,8-10H2,1-2H3,(H,16,17)(H,18,19). The highest BCUT2D eigenvalue weighted by atomic mass is 16.5. The molecule has 0 atom stereocenters. The summed E-state index contributed by atoms with van der Waals surface area (Å²) in [6, 6.07) is 7.20. The van der Waals surface area contributed by atoms with Crippen LogP contribution in [0.3, 0.4) is 0 Å². The van der Waals surface area contributed by atoms with Crippen LogP contribution in [0.5, 0.6) is 0 Å². The maximum atomic E-state index is 11.6. The van der Waals surface area contributed by atoms with Gasteiger partial charge in [0.25, 0.3) is 0 Å². The van der Waals surface area contributed by atoms with Crippen LogP contribution < -0.4 is 5.32 Å². The average Bonchev–Trinajstić information content (AvgIpc) is 2.37. The Morgan fingerprint density at radius 3 is 2.40 bits per heavy atom. The Bertz CT molecular complexity index is 440. The second-order valence-corrected chi connectivity index (χ2v) is 4.81. The molecule has 0 radical (unpaired) electrons. The first-order chi connectivity index (χ1) is 9.47. The Morgan fingerprint density at radius 1 is 1.20 bits per heavy atom. The predicted molar refractivity (Wildman–Crippen MR) is 76.7 cm³/mol. The molecule has 0 saturated heterocycles. The average molecular weight is 279 g/mol. The Labute approximate surface area is 118 Å². The summed E-state index contributed by atoms with van der Waals surface area (Å²) >= 11 is 0. The molecule has 0 aliphatic rings. The smallest absolute Gasteiger partial charge is 0.303 e. The van der Waals surface area contributed by atoms with Gasteiger partial charge < -0.3 is 15.2 Å². The minimum atomic E-state index is -0.812. The Balaban J connectivity index is 2.37. The van der Waals surface area contributed by atoms with Gasteiger partial charge >= 0.3 is 5.97 Å². The number of carbonyl (C=O) groups is 2. The Morgan fingerprint density at radius 2 is 1.85 bits per heavy atom. The van der Waals surface area contributed by atoms with E-state index >= 15 is 0 Å². The molecular formula is C15H21NO4. The molecular weight excluding hydrogens is 258 g/mol. The minimum absolute atomic E-state index is 0.0936. The number of nitrogens with one attached hydrogen (secondary N) is 1. The summed E-state index contributed by atoms with van der Waals surface area (Å²) in [4.78, 5) is 22.1. The van der Waals surface area contributed by atoms with Crippen LogP contribution in [0.4, 0.5) is 5.69 Å². The van der Waals surface area contributed by atoms with E-state index in [1.165, 1.54) is 0 Å². The predicted octanol–water partition coefficient (Wildman–Crippen LogP) is 2.46. The van der Waals surface area contributed by atoms with E-state index in [2.05, 4.69) is 5.32 Å². The molecule has 1 aromatic carbocycles. The van der Waals surface area contributed by atoms with Crippen LogP contribution >= 0.6 is 0 Å². The molecule has 2 N–H and O–H groups in total. The topological polar surface area (TPSA) is 75.6 Å². The van der Waals surface area contributed by atoms with Crippen molar-refractivity contribution in [2.45, 2.75) is 39.2 Å². The fraction of sp³-hybridized carbons (Fsp3) is 0.467. The molecule has 0 aliphatic carbocycles. The van der Waals surface area contributed by atoms with Crippen molar-refractivity contribution >= 4 is 17.6 Å². The molecule has 110 valence electrons. The lowest BCUT2D eigenvalue weighted by Crippen LogP contribution is -2.15. The van der Waals surface area contributed by atoms with Crippen molar-refractivity contribution in [3.05, 3.63) is 29.8 Å². The lowest BCUT2D eigenvalue weighted by atomic mass is 10.1. The number of benzene rings is 1. The van der Waals surface area contributed by atoms with Gasteiger partial charge in [0.15, 0.2) is 0 Å². The highest BCUT2D eigenvalue weighted by molar-refractivity contribution is 5.90. The number of carboxylic acid groups (broad SMARTS) is 1. The van der Waals surface area contributed by atoms with Crippen molar-refractivity contribution in [2.24, 2.45) is 0 Å². The third kappa shape index (κ3) is 6.89. The van der Waals surface area contributed by atoms with Crippen LogP contribution in [0, 0.1) is 0 Å². The first-order valence-electron chi connectivity index (χ1n) is 6.69. The highest BCUT2D eigenvalue weighted by Crippen LogP contribution is 2.11. The SMILES string of the molecule is CC(C)OCCC(=O)Nc1ccc(CCC(=O)O)cc1. The number of aliphatic carboxylic acids is 1. The van der Waals surface area contributed by atoms with Gasteiger partial charge in [0.1, 0.15) is 0 Å². The number of aryl methyl sites for hydroxylation is 1. The number of rotatable bonds is 8. The third-order valence-corrected chi connectivity index (χ3v) is 2.65. The summed E-state index contributed by atoms with van der Waals surface area (Å²) in [5, 5.41) is 11.4. The number of hydrogen-bond donors (Lipinski definition) is 2. The first kappa shape index (κ1) is 16.2. The van der Waals surface area contributed by atoms with E-state index in [1.807, 2.05) is 26.0 Å². The molecule has 1 amide bonds. The molecule has 0 bridgehead atoms. The van der Waals surface area contributed by atoms with Gasteiger partial charge in [-0.15, -0.1) is 0 Å². The van der Waals surface area contributed by atoms with E-state index in [9.17, 15) is 9.59 Å². The number of anilines is 1. The van der Waals surface area contributed by atoms with Crippen LogP contribution in [0.15, 0.2) is 24.3 Å². The summed E-state index contributed by atoms with van der Waals surface area (Å²) in [6.45, 7) is 4.25. The summed E-state index contributed by atoms with van der Waals surface area (Å²) in [5.41, 5.74) is 1.65. The van der Waals surface area contributed by atoms with Crippen molar-refractivity contribution in [1.29, 1.82) is 0 Å². The summed E-state index contributed by atoms with van der Waals surface area (Å²) < 4.78 is 5.31. The normalized spacial score (nSPS) is 10.6. The molecule has 1 aromatic rings. The van der Waals surface area contributed by atoms with E-state index in [4.69, 9.17) is 9.84 Å². The maximum absolute atomic E-state index is 11.6. The lowest BCUT2D eigenvalue weighted by Gasteiger charge is -2.08. The number of ether oxygens (including phenoxy) is 1. The van der Waals surface area contributed by atoms with Crippen molar-refractivity contribution < 1.29 is 19.4 Å². The number of hydrogen-bond acceptors (Lipinski definition) is 3. The minimum Gasteiger partial charge on any atom is -0.481 e. The van der Waals surface area contributed by atoms with Gasteiger partial charge in [-0.2, -0.15) is 0 Å². The van der Waals surface area contributed by atoms with E-state index in [1.54, 1.807) is 12.1 Å². The lowest BCUT2D eigenvalue weighted by molar-refractivity contribution is -0.137. The maximum Gasteiger partial charge on any atom is 0.303 e. The van der Waals surface area contributed by atoms with Crippen LogP contribution in [0.2, 0.25) is 0 Å². The third-order valence-electron chi connectivity index (χ3n) is 2.65. The van der Waals surface area contributed by atoms with Crippen molar-refractivity contribution in [2.75, 3.05) is 11.9 Å². The zero-order chi connectivity index (χ0) is 15.0. The zero-order valence-corrected chi connectivity index (χ0v) is 11.9. The molecule has 0 spiro atoms. The first-order valence-corrected chi connectivity index (χ1v) is 6.69. The second-order valence-electron chi connectivity index (χ2n) is 4.81. The van der Waals surface area contributed by atoms with E-state index in [0.717, 1.165) is 5.56 Å². The quantitative estimate of drug-likeness (QED) is 0.766. The molecule has 20 heavy (non-hydrogen) atoms. The van der Waals surface area contributed by atoms with Crippen LogP contribution in [-0.2, 0) is 20.7 Å². The van der Waals surface area contributed by atoms with Crippen molar-refractivity contribution in [3.63, 3.8) is 0 Å². The molecule has 1 rings (SSSR count). The van der Waals surface area contributed by atoms with Gasteiger partial charge in [0, 0.05) is 12.1 Å². The van der Waals surface area contributed by atoms with Crippen molar-refractivity contribution in [3.8, 4) is 0 Å². The molecule has 0 unspecified atom stereocenters. The molecule has 0 saturated carbocycles. The molecule has 0 aromatic heterocycles. The van der Waals surface area contributed by atoms with E-state index in [0.29, 0.717) is 25.1 Å². The fourth-order valence-corrected chi connectivity index (χ4v) is 1.62. The zero-order valence-electron chi connectivity index (χ0n) is 11.9. The molecule has 0 fully saturated rings. The van der Waals surface area contributed by atoms with Gasteiger partial charge in [-0.1, -0.05) is 12.1 Å². The Hall–Kier alpha value is -1.88. The van der Waals surface area contributed by atoms with Gasteiger partial charge in [-0.05, 0) is 38.0 Å². The summed E-state index contributed by atoms with van der Waals surface area (Å²) in [7, 11) is 0. The number of carbonyl (C=O) groups excluding carboxylic acids is 1. The highest BCUT2D eigenvalue weighted by Gasteiger charge is 2.04. The molecule has 5 nitrogen and oxygen atoms in total. The van der Waals surface area contributed by atoms with Crippen LogP contribution in [0.1, 0.15) is 32.3 Å². The molecule has 0 heterocycles. The molecule has 5 heteroatoms. The number of amides is 1. The van der Waals surface area contributed by atoms with Gasteiger partial charge in [0.2, 0.25) is 5.91 Å². The summed E-state index contributed by atoms with van der Waals surface area (Å²) in [5.74, 6) is -0.906. The van der Waals surface area contributed by atoms with Gasteiger partial charge in [0.05, 0.1) is 19.1 Å². The fourth-order valence-electron chi connectivity index (χ4n) is 1.62. The van der Waals surface area contributed by atoms with Crippen molar-refractivity contribution in [1.82, 2.24) is 0 Å². The van der Waals surface area contributed by atoms with E-state index in [-0.39, 0.29) is 18.4 Å². The van der Waals surface area contributed by atoms with Gasteiger partial charge in [-0.3, -0.25) is 9.59 Å².